The van der Waals surface area contributed by atoms with Gasteiger partial charge in [-0.1, -0.05) is 0 Å². The van der Waals surface area contributed by atoms with E-state index in [0.717, 1.165) is 10.9 Å². The molecule has 6 rings (SSSR count). The number of ether oxygens (including phenoxy) is 2. The smallest absolute Gasteiger partial charge is 0.324 e. The average molecular weight is 649 g/mol. The highest BCUT2D eigenvalue weighted by atomic mass is 35.5. The minimum Gasteiger partial charge on any atom is -0.394 e. The predicted octanol–water partition coefficient (Wildman–Crippen LogP) is -0.728. The summed E-state index contributed by atoms with van der Waals surface area (Å²) in [6.07, 6.45) is -6.44. The van der Waals surface area contributed by atoms with Crippen LogP contribution in [0.2, 0.25) is 5.28 Å². The Bertz CT molecular complexity index is 1760. The van der Waals surface area contributed by atoms with Gasteiger partial charge in [0.1, 0.15) is 30.1 Å². The molecule has 2 fully saturated rings. The summed E-state index contributed by atoms with van der Waals surface area (Å²) in [6, 6.07) is 0. The van der Waals surface area contributed by atoms with Gasteiger partial charge in [0.05, 0.1) is 32.0 Å². The Kier molecular flexibility index (Phi) is 7.63. The Labute approximate surface area is 243 Å². The zero-order valence-corrected chi connectivity index (χ0v) is 23.6. The van der Waals surface area contributed by atoms with Crippen molar-refractivity contribution >= 4 is 64.2 Å². The van der Waals surface area contributed by atoms with Crippen molar-refractivity contribution in [1.82, 2.24) is 39.0 Å². The first-order valence-corrected chi connectivity index (χ1v) is 15.2. The Morgan fingerprint density at radius 1 is 1.17 bits per heavy atom. The molecule has 8 N–H and O–H groups in total. The minimum atomic E-state index is -4.05. The van der Waals surface area contributed by atoms with Gasteiger partial charge in [-0.3, -0.25) is 18.9 Å². The second kappa shape index (κ2) is 11.0. The number of hydrogen-bond acceptors (Lipinski definition) is 15. The number of nitrogens with one attached hydrogen (secondary N) is 1. The Hall–Kier alpha value is -2.91. The Morgan fingerprint density at radius 3 is 2.64 bits per heavy atom. The normalized spacial score (nSPS) is 29.5. The van der Waals surface area contributed by atoms with Crippen molar-refractivity contribution in [2.75, 3.05) is 24.7 Å². The molecule has 0 aromatic carbocycles. The summed E-state index contributed by atoms with van der Waals surface area (Å²) in [6.45, 7) is -5.09. The highest BCUT2D eigenvalue weighted by Crippen LogP contribution is 2.49. The number of alkyl halides is 1. The number of nitrogen functional groups attached to an aromatic ring is 2. The first-order chi connectivity index (χ1) is 20.0. The van der Waals surface area contributed by atoms with Crippen molar-refractivity contribution in [3.63, 3.8) is 0 Å². The van der Waals surface area contributed by atoms with Crippen molar-refractivity contribution in [2.45, 2.75) is 49.5 Å². The lowest BCUT2D eigenvalue weighted by molar-refractivity contribution is -0.0519. The van der Waals surface area contributed by atoms with Crippen LogP contribution in [0.4, 0.5) is 16.2 Å². The molecule has 0 aliphatic carbocycles. The van der Waals surface area contributed by atoms with E-state index in [2.05, 4.69) is 29.9 Å². The number of H-pyrrole nitrogens is 1. The van der Waals surface area contributed by atoms with E-state index in [1.54, 1.807) is 0 Å². The number of nitrogens with two attached hydrogens (primary N) is 2. The maximum absolute atomic E-state index is 15.1. The monoisotopic (exact) mass is 648 g/mol. The molecule has 0 amide bonds. The van der Waals surface area contributed by atoms with Gasteiger partial charge in [0, 0.05) is 6.42 Å². The van der Waals surface area contributed by atoms with Crippen LogP contribution in [-0.2, 0) is 30.3 Å². The van der Waals surface area contributed by atoms with Crippen LogP contribution in [0.5, 0.6) is 0 Å². The van der Waals surface area contributed by atoms with Crippen LogP contribution >= 0.6 is 18.3 Å². The highest BCUT2D eigenvalue weighted by Gasteiger charge is 2.47. The summed E-state index contributed by atoms with van der Waals surface area (Å²) in [5, 5.41) is 20.2. The summed E-state index contributed by atoms with van der Waals surface area (Å²) in [7, 11) is 0. The van der Waals surface area contributed by atoms with Crippen molar-refractivity contribution in [3.05, 3.63) is 28.3 Å². The van der Waals surface area contributed by atoms with E-state index in [1.165, 1.54) is 10.9 Å². The van der Waals surface area contributed by atoms with Gasteiger partial charge in [-0.05, 0) is 23.4 Å². The molecule has 2 aliphatic rings. The number of aromatic amines is 1. The average Bonchev–Trinajstić information content (AvgIpc) is 3.69. The molecule has 0 radical (unpaired) electrons. The van der Waals surface area contributed by atoms with Crippen LogP contribution < -0.4 is 17.0 Å². The third-order valence-corrected chi connectivity index (χ3v) is 8.54. The van der Waals surface area contributed by atoms with Crippen LogP contribution in [0.1, 0.15) is 18.9 Å². The van der Waals surface area contributed by atoms with Crippen molar-refractivity contribution in [3.8, 4) is 0 Å². The van der Waals surface area contributed by atoms with Gasteiger partial charge in [-0.25, -0.2) is 14.4 Å². The summed E-state index contributed by atoms with van der Waals surface area (Å²) < 4.78 is 40.3. The zero-order valence-electron chi connectivity index (χ0n) is 21.1. The van der Waals surface area contributed by atoms with Gasteiger partial charge < -0.3 is 45.1 Å². The first kappa shape index (κ1) is 29.2. The summed E-state index contributed by atoms with van der Waals surface area (Å²) >= 11 is 11.1. The van der Waals surface area contributed by atoms with Gasteiger partial charge in [-0.2, -0.15) is 15.0 Å². The van der Waals surface area contributed by atoms with E-state index in [-0.39, 0.29) is 45.8 Å². The van der Waals surface area contributed by atoms with E-state index in [9.17, 15) is 19.9 Å². The maximum atomic E-state index is 15.1. The van der Waals surface area contributed by atoms with Crippen LogP contribution in [0.15, 0.2) is 17.4 Å². The molecule has 226 valence electrons. The summed E-state index contributed by atoms with van der Waals surface area (Å²) in [5.41, 5.74) is 11.2. The number of hydrogen-bond donors (Lipinski definition) is 6. The van der Waals surface area contributed by atoms with E-state index in [1.807, 2.05) is 0 Å². The largest absolute Gasteiger partial charge is 0.394 e. The second-order valence-electron chi connectivity index (χ2n) is 9.43. The molecule has 42 heavy (non-hydrogen) atoms. The molecule has 0 saturated carbocycles. The van der Waals surface area contributed by atoms with E-state index < -0.39 is 68.5 Å². The lowest BCUT2D eigenvalue weighted by Gasteiger charge is -2.24. The van der Waals surface area contributed by atoms with E-state index in [4.69, 9.17) is 53.4 Å². The molecule has 18 nitrogen and oxygen atoms in total. The number of aliphatic hydroxyl groups is 2. The molecule has 4 aromatic rings. The fourth-order valence-electron chi connectivity index (χ4n) is 4.83. The van der Waals surface area contributed by atoms with Crippen molar-refractivity contribution in [2.24, 2.45) is 0 Å². The fourth-order valence-corrected chi connectivity index (χ4v) is 6.48. The molecule has 8 atom stereocenters. The maximum Gasteiger partial charge on any atom is 0.324 e. The number of imidazole rings is 2. The summed E-state index contributed by atoms with van der Waals surface area (Å²) in [4.78, 5) is 45.1. The number of fused-ring (bicyclic) bond motifs is 2. The van der Waals surface area contributed by atoms with Gasteiger partial charge in [0.15, 0.2) is 35.0 Å². The third kappa shape index (κ3) is 5.23. The number of halogens is 2. The lowest BCUT2D eigenvalue weighted by Crippen LogP contribution is -2.32. The first-order valence-electron chi connectivity index (χ1n) is 12.2. The zero-order chi connectivity index (χ0) is 29.9. The van der Waals surface area contributed by atoms with Gasteiger partial charge in [-0.15, -0.1) is 0 Å². The predicted molar refractivity (Wildman–Crippen MR) is 145 cm³/mol. The number of aromatic nitrogens is 8. The van der Waals surface area contributed by atoms with Crippen molar-refractivity contribution < 1.29 is 38.0 Å². The molecule has 0 bridgehead atoms. The van der Waals surface area contributed by atoms with Crippen molar-refractivity contribution in [1.29, 1.82) is 0 Å². The number of nitrogens with zero attached hydrogens (tertiary/aromatic N) is 7. The second-order valence-corrected chi connectivity index (χ2v) is 12.6. The Balaban J connectivity index is 1.13. The van der Waals surface area contributed by atoms with Gasteiger partial charge in [0.25, 0.3) is 5.56 Å². The molecule has 0 spiro atoms. The molecular weight excluding hydrogens is 626 g/mol. The molecule has 2 aliphatic heterocycles. The molecule has 22 heteroatoms. The third-order valence-electron chi connectivity index (χ3n) is 6.78. The lowest BCUT2D eigenvalue weighted by atomic mass is 10.1. The van der Waals surface area contributed by atoms with Crippen LogP contribution in [-0.4, -0.2) is 97.9 Å². The van der Waals surface area contributed by atoms with Gasteiger partial charge in [0.2, 0.25) is 11.2 Å². The van der Waals surface area contributed by atoms with Crippen LogP contribution in [0.3, 0.4) is 0 Å². The van der Waals surface area contributed by atoms with Crippen LogP contribution in [0.25, 0.3) is 22.3 Å². The minimum absolute atomic E-state index is 0.0544. The van der Waals surface area contributed by atoms with E-state index in [0.29, 0.717) is 0 Å². The molecule has 4 unspecified atom stereocenters. The van der Waals surface area contributed by atoms with Crippen LogP contribution in [0, 0.1) is 0 Å². The van der Waals surface area contributed by atoms with E-state index >= 15 is 4.39 Å². The molecular formula is C20H23ClFN10O8PS. The number of rotatable bonds is 8. The van der Waals surface area contributed by atoms with Gasteiger partial charge >= 0.3 is 6.72 Å². The standard InChI is InChI=1S/C20H23ClFN10O8PS/c21-19-27-14(23)11-15(28-19)31(4-25-11)9-1-6(7(2-33)38-9)40-41(36,42)37-3-8-13(34)10(22)18(39-8)32-5-26-12-16(32)29-20(24)30-17(12)35/h4-10,13,18,33-34H,1-3H2,(H,36,42)(H2,23,27,28)(H3,24,29,30,35)/t6?,7-,8-,9-,10?,13?,18-,41?/m1/s1. The highest BCUT2D eigenvalue weighted by molar-refractivity contribution is 8.07. The molecule has 4 aromatic heterocycles. The SMILES string of the molecule is Nc1nc2c(ncn2[C@@H]2O[C@H](COP(O)(=S)OC3C[C@H](n4cnc5c(N)nc(Cl)nc54)O[C@@H]3CO)C(O)C2F)c(=O)[nH]1. The topological polar surface area (TPSA) is 257 Å². The molecule has 2 saturated heterocycles. The Morgan fingerprint density at radius 2 is 1.88 bits per heavy atom. The number of aliphatic hydroxyl groups excluding tert-OH is 2. The quantitative estimate of drug-likeness (QED) is 0.102. The fraction of sp³-hybridized carbons (Fsp3) is 0.500. The number of anilines is 2. The molecule has 6 heterocycles. The summed E-state index contributed by atoms with van der Waals surface area (Å²) in [5.74, 6) is -0.153.